The maximum atomic E-state index is 5.88. The van der Waals surface area contributed by atoms with Crippen molar-refractivity contribution in [3.05, 3.63) is 33.3 Å². The molecule has 0 saturated carbocycles. The van der Waals surface area contributed by atoms with Crippen LogP contribution >= 0.6 is 27.5 Å². The van der Waals surface area contributed by atoms with E-state index in [2.05, 4.69) is 40.1 Å². The Morgan fingerprint density at radius 1 is 1.44 bits per heavy atom. The van der Waals surface area contributed by atoms with E-state index >= 15 is 0 Å². The zero-order valence-corrected chi connectivity index (χ0v) is 12.1. The molecule has 1 rings (SSSR count). The van der Waals surface area contributed by atoms with Gasteiger partial charge in [-0.2, -0.15) is 0 Å². The number of hydrogen-bond donors (Lipinski definition) is 1. The van der Waals surface area contributed by atoms with E-state index in [1.54, 1.807) is 0 Å². The van der Waals surface area contributed by atoms with Gasteiger partial charge < -0.3 is 10.2 Å². The van der Waals surface area contributed by atoms with Crippen molar-refractivity contribution in [1.82, 2.24) is 10.2 Å². The number of likely N-dealkylation sites (N-methyl/N-ethyl adjacent to an activating group) is 1. The lowest BCUT2D eigenvalue weighted by Crippen LogP contribution is -2.28. The van der Waals surface area contributed by atoms with Crippen LogP contribution in [-0.2, 0) is 6.54 Å². The van der Waals surface area contributed by atoms with Crippen LogP contribution in [0.3, 0.4) is 0 Å². The molecular formula is C12H18BrClN2. The minimum Gasteiger partial charge on any atom is -0.311 e. The number of rotatable bonds is 6. The van der Waals surface area contributed by atoms with E-state index in [1.165, 1.54) is 5.56 Å². The van der Waals surface area contributed by atoms with Crippen molar-refractivity contribution < 1.29 is 0 Å². The summed E-state index contributed by atoms with van der Waals surface area (Å²) in [5, 5.41) is 4.18. The smallest absolute Gasteiger partial charge is 0.0417 e. The highest BCUT2D eigenvalue weighted by Crippen LogP contribution is 2.21. The lowest BCUT2D eigenvalue weighted by atomic mass is 10.2. The van der Waals surface area contributed by atoms with E-state index in [-0.39, 0.29) is 0 Å². The lowest BCUT2D eigenvalue weighted by Gasteiger charge is -2.14. The van der Waals surface area contributed by atoms with Crippen LogP contribution in [-0.4, -0.2) is 31.6 Å². The van der Waals surface area contributed by atoms with Crippen molar-refractivity contribution >= 4 is 27.5 Å². The van der Waals surface area contributed by atoms with E-state index in [1.807, 2.05) is 18.2 Å². The molecule has 0 amide bonds. The quantitative estimate of drug-likeness (QED) is 0.812. The molecule has 0 radical (unpaired) electrons. The molecule has 0 aromatic heterocycles. The fourth-order valence-electron chi connectivity index (χ4n) is 1.32. The SMILES string of the molecule is CCN(C)CCNCc1ccc(Cl)cc1Br. The summed E-state index contributed by atoms with van der Waals surface area (Å²) >= 11 is 9.39. The predicted molar refractivity (Wildman–Crippen MR) is 74.0 cm³/mol. The van der Waals surface area contributed by atoms with Crippen molar-refractivity contribution in [1.29, 1.82) is 0 Å². The van der Waals surface area contributed by atoms with Crippen molar-refractivity contribution in [3.8, 4) is 0 Å². The van der Waals surface area contributed by atoms with E-state index < -0.39 is 0 Å². The second-order valence-electron chi connectivity index (χ2n) is 3.81. The fourth-order valence-corrected chi connectivity index (χ4v) is 2.14. The zero-order chi connectivity index (χ0) is 12.0. The van der Waals surface area contributed by atoms with E-state index in [0.717, 1.165) is 35.7 Å². The molecule has 0 unspecified atom stereocenters. The molecule has 4 heteroatoms. The molecule has 1 aromatic rings. The van der Waals surface area contributed by atoms with Crippen molar-refractivity contribution in [2.45, 2.75) is 13.5 Å². The summed E-state index contributed by atoms with van der Waals surface area (Å²) in [6.45, 7) is 6.19. The summed E-state index contributed by atoms with van der Waals surface area (Å²) in [7, 11) is 2.12. The van der Waals surface area contributed by atoms with Crippen LogP contribution in [0.15, 0.2) is 22.7 Å². The maximum Gasteiger partial charge on any atom is 0.0417 e. The molecule has 0 aliphatic carbocycles. The normalized spacial score (nSPS) is 11.1. The first kappa shape index (κ1) is 14.0. The summed E-state index contributed by atoms with van der Waals surface area (Å²) in [6, 6.07) is 5.89. The summed E-state index contributed by atoms with van der Waals surface area (Å²) < 4.78 is 1.07. The van der Waals surface area contributed by atoms with Gasteiger partial charge in [0.2, 0.25) is 0 Å². The van der Waals surface area contributed by atoms with Crippen molar-refractivity contribution in [3.63, 3.8) is 0 Å². The number of halogens is 2. The highest BCUT2D eigenvalue weighted by atomic mass is 79.9. The van der Waals surface area contributed by atoms with Crippen LogP contribution in [0, 0.1) is 0 Å². The highest BCUT2D eigenvalue weighted by Gasteiger charge is 2.00. The van der Waals surface area contributed by atoms with Crippen LogP contribution in [0.5, 0.6) is 0 Å². The van der Waals surface area contributed by atoms with Gasteiger partial charge in [0.05, 0.1) is 0 Å². The van der Waals surface area contributed by atoms with Crippen LogP contribution < -0.4 is 5.32 Å². The Kier molecular flexibility index (Phi) is 6.36. The zero-order valence-electron chi connectivity index (χ0n) is 9.76. The van der Waals surface area contributed by atoms with Crippen molar-refractivity contribution in [2.75, 3.05) is 26.7 Å². The standard InChI is InChI=1S/C12H18BrClN2/c1-3-16(2)7-6-15-9-10-4-5-11(14)8-12(10)13/h4-5,8,15H,3,6-7,9H2,1-2H3. The summed E-state index contributed by atoms with van der Waals surface area (Å²) in [5.41, 5.74) is 1.24. The molecule has 2 nitrogen and oxygen atoms in total. The fraction of sp³-hybridized carbons (Fsp3) is 0.500. The lowest BCUT2D eigenvalue weighted by molar-refractivity contribution is 0.349. The Labute approximate surface area is 111 Å². The average molecular weight is 306 g/mol. The number of benzene rings is 1. The monoisotopic (exact) mass is 304 g/mol. The Balaban J connectivity index is 2.32. The van der Waals surface area contributed by atoms with Crippen LogP contribution in [0.1, 0.15) is 12.5 Å². The molecule has 0 atom stereocenters. The molecule has 0 saturated heterocycles. The molecule has 0 spiro atoms. The molecular weight excluding hydrogens is 288 g/mol. The summed E-state index contributed by atoms with van der Waals surface area (Å²) in [6.07, 6.45) is 0. The maximum absolute atomic E-state index is 5.88. The molecule has 0 aliphatic heterocycles. The van der Waals surface area contributed by atoms with Crippen LogP contribution in [0.25, 0.3) is 0 Å². The largest absolute Gasteiger partial charge is 0.311 e. The molecule has 0 bridgehead atoms. The molecule has 90 valence electrons. The molecule has 0 aliphatic rings. The summed E-state index contributed by atoms with van der Waals surface area (Å²) in [4.78, 5) is 2.28. The van der Waals surface area contributed by atoms with Gasteiger partial charge in [0.1, 0.15) is 0 Å². The van der Waals surface area contributed by atoms with E-state index in [9.17, 15) is 0 Å². The summed E-state index contributed by atoms with van der Waals surface area (Å²) in [5.74, 6) is 0. The first-order valence-electron chi connectivity index (χ1n) is 5.46. The van der Waals surface area contributed by atoms with Gasteiger partial charge in [-0.3, -0.25) is 0 Å². The van der Waals surface area contributed by atoms with Gasteiger partial charge in [0, 0.05) is 29.1 Å². The van der Waals surface area contributed by atoms with E-state index in [4.69, 9.17) is 11.6 Å². The Hall–Kier alpha value is -0.0900. The first-order chi connectivity index (χ1) is 7.63. The number of nitrogens with one attached hydrogen (secondary N) is 1. The Morgan fingerprint density at radius 2 is 2.19 bits per heavy atom. The van der Waals surface area contributed by atoms with Gasteiger partial charge in [0.25, 0.3) is 0 Å². The second kappa shape index (κ2) is 7.28. The predicted octanol–water partition coefficient (Wildman–Crippen LogP) is 3.14. The van der Waals surface area contributed by atoms with Gasteiger partial charge in [-0.15, -0.1) is 0 Å². The minimum absolute atomic E-state index is 0.765. The highest BCUT2D eigenvalue weighted by molar-refractivity contribution is 9.10. The third-order valence-electron chi connectivity index (χ3n) is 2.54. The van der Waals surface area contributed by atoms with Crippen molar-refractivity contribution in [2.24, 2.45) is 0 Å². The van der Waals surface area contributed by atoms with Crippen LogP contribution in [0.2, 0.25) is 5.02 Å². The van der Waals surface area contributed by atoms with Gasteiger partial charge in [-0.25, -0.2) is 0 Å². The first-order valence-corrected chi connectivity index (χ1v) is 6.63. The number of hydrogen-bond acceptors (Lipinski definition) is 2. The van der Waals surface area contributed by atoms with Gasteiger partial charge >= 0.3 is 0 Å². The molecule has 0 fully saturated rings. The van der Waals surface area contributed by atoms with Gasteiger partial charge in [0.15, 0.2) is 0 Å². The third kappa shape index (κ3) is 4.83. The molecule has 0 heterocycles. The number of nitrogens with zero attached hydrogens (tertiary/aromatic N) is 1. The Bertz CT molecular complexity index is 331. The molecule has 1 aromatic carbocycles. The second-order valence-corrected chi connectivity index (χ2v) is 5.10. The van der Waals surface area contributed by atoms with Crippen LogP contribution in [0.4, 0.5) is 0 Å². The minimum atomic E-state index is 0.765. The topological polar surface area (TPSA) is 15.3 Å². The molecule has 1 N–H and O–H groups in total. The average Bonchev–Trinajstić information content (AvgIpc) is 2.26. The third-order valence-corrected chi connectivity index (χ3v) is 3.51. The van der Waals surface area contributed by atoms with Gasteiger partial charge in [-0.05, 0) is 31.3 Å². The van der Waals surface area contributed by atoms with E-state index in [0.29, 0.717) is 0 Å². The Morgan fingerprint density at radius 3 is 2.81 bits per heavy atom. The molecule has 16 heavy (non-hydrogen) atoms. The van der Waals surface area contributed by atoms with Gasteiger partial charge in [-0.1, -0.05) is 40.5 Å².